The summed E-state index contributed by atoms with van der Waals surface area (Å²) >= 11 is 0. The number of nitrogens with one attached hydrogen (secondary N) is 1. The van der Waals surface area contributed by atoms with Crippen LogP contribution in [0.2, 0.25) is 0 Å². The molecule has 0 aromatic heterocycles. The van der Waals surface area contributed by atoms with Gasteiger partial charge in [-0.3, -0.25) is 9.59 Å². The molecule has 178 valence electrons. The number of halogens is 1. The Morgan fingerprint density at radius 1 is 0.935 bits per heavy atom. The first-order valence-corrected chi connectivity index (χ1v) is 11.8. The van der Waals surface area contributed by atoms with Crippen molar-refractivity contribution in [3.05, 3.63) is 30.3 Å². The molecule has 1 unspecified atom stereocenters. The summed E-state index contributed by atoms with van der Waals surface area (Å²) < 4.78 is 0.339. The molecule has 0 bridgehead atoms. The Hall–Kier alpha value is -1.43. The zero-order chi connectivity index (χ0) is 22.2. The number of benzene rings is 1. The molecule has 0 saturated heterocycles. The number of hydrogen-bond donors (Lipinski definition) is 2. The third-order valence-corrected chi connectivity index (χ3v) is 5.79. The smallest absolute Gasteiger partial charge is 0.279 e. The molecular formula is C25H44ClN3O2. The summed E-state index contributed by atoms with van der Waals surface area (Å²) in [5, 5.41) is 2.92. The van der Waals surface area contributed by atoms with Crippen LogP contribution in [0.1, 0.15) is 77.6 Å². The van der Waals surface area contributed by atoms with E-state index in [0.29, 0.717) is 23.9 Å². The predicted octanol–water partition coefficient (Wildman–Crippen LogP) is 1.91. The van der Waals surface area contributed by atoms with Crippen LogP contribution in [0.5, 0.6) is 0 Å². The lowest BCUT2D eigenvalue weighted by Gasteiger charge is -2.36. The van der Waals surface area contributed by atoms with E-state index in [4.69, 9.17) is 5.73 Å². The topological polar surface area (TPSA) is 72.2 Å². The van der Waals surface area contributed by atoms with Gasteiger partial charge in [0.2, 0.25) is 0 Å². The highest BCUT2D eigenvalue weighted by atomic mass is 35.5. The van der Waals surface area contributed by atoms with Gasteiger partial charge in [-0.15, -0.1) is 0 Å². The third kappa shape index (κ3) is 12.9. The van der Waals surface area contributed by atoms with Crippen LogP contribution in [-0.4, -0.2) is 49.4 Å². The van der Waals surface area contributed by atoms with Crippen molar-refractivity contribution in [2.24, 2.45) is 5.73 Å². The van der Waals surface area contributed by atoms with Crippen molar-refractivity contribution < 1.29 is 26.5 Å². The molecular weight excluding hydrogens is 410 g/mol. The average molecular weight is 454 g/mol. The molecule has 0 radical (unpaired) electrons. The van der Waals surface area contributed by atoms with Gasteiger partial charge in [0.15, 0.2) is 12.3 Å². The quantitative estimate of drug-likeness (QED) is 0.279. The largest absolute Gasteiger partial charge is 1.00 e. The molecule has 31 heavy (non-hydrogen) atoms. The number of ketones is 1. The monoisotopic (exact) mass is 453 g/mol. The normalized spacial score (nSPS) is 12.1. The van der Waals surface area contributed by atoms with E-state index in [1.165, 1.54) is 44.9 Å². The van der Waals surface area contributed by atoms with Crippen molar-refractivity contribution >= 4 is 17.4 Å². The molecule has 1 amide bonds. The SMILES string of the molecule is CCCCCCCCCCCC(=O)C(CCN)[N+](C)(C)CC(=O)Nc1ccccc1.[Cl-]. The molecule has 0 fully saturated rings. The minimum atomic E-state index is -0.231. The first-order valence-electron chi connectivity index (χ1n) is 11.8. The van der Waals surface area contributed by atoms with Crippen molar-refractivity contribution in [3.8, 4) is 0 Å². The highest BCUT2D eigenvalue weighted by Gasteiger charge is 2.35. The van der Waals surface area contributed by atoms with Gasteiger partial charge in [-0.05, 0) is 25.1 Å². The fourth-order valence-corrected chi connectivity index (χ4v) is 4.04. The Balaban J connectivity index is 0.00000900. The highest BCUT2D eigenvalue weighted by Crippen LogP contribution is 2.17. The first-order chi connectivity index (χ1) is 14.4. The molecule has 0 heterocycles. The second kappa shape index (κ2) is 17.2. The standard InChI is InChI=1S/C25H43N3O2.ClH/c1-4-5-6-7-8-9-10-11-15-18-24(29)23(19-20-26)28(2,3)21-25(30)27-22-16-13-12-14-17-22;/h12-14,16-17,23H,4-11,15,18-21,26H2,1-3H3;1H. The number of para-hydroxylation sites is 1. The van der Waals surface area contributed by atoms with Crippen LogP contribution in [0.25, 0.3) is 0 Å². The van der Waals surface area contributed by atoms with Crippen LogP contribution in [0.15, 0.2) is 30.3 Å². The molecule has 0 aliphatic heterocycles. The molecule has 6 heteroatoms. The predicted molar refractivity (Wildman–Crippen MR) is 126 cm³/mol. The van der Waals surface area contributed by atoms with E-state index in [0.717, 1.165) is 18.5 Å². The maximum absolute atomic E-state index is 12.9. The van der Waals surface area contributed by atoms with Gasteiger partial charge in [-0.25, -0.2) is 0 Å². The van der Waals surface area contributed by atoms with Gasteiger partial charge in [0.25, 0.3) is 5.91 Å². The Morgan fingerprint density at radius 2 is 1.48 bits per heavy atom. The van der Waals surface area contributed by atoms with Gasteiger partial charge < -0.3 is 27.9 Å². The van der Waals surface area contributed by atoms with Crippen molar-refractivity contribution in [1.29, 1.82) is 0 Å². The van der Waals surface area contributed by atoms with Gasteiger partial charge >= 0.3 is 0 Å². The molecule has 1 aromatic carbocycles. The Kier molecular flexibility index (Phi) is 16.4. The number of anilines is 1. The molecule has 0 saturated carbocycles. The van der Waals surface area contributed by atoms with Crippen molar-refractivity contribution in [2.45, 2.75) is 83.6 Å². The number of quaternary nitrogens is 1. The number of amides is 1. The number of nitrogens with two attached hydrogens (primary N) is 1. The molecule has 1 aromatic rings. The van der Waals surface area contributed by atoms with E-state index in [9.17, 15) is 9.59 Å². The zero-order valence-electron chi connectivity index (χ0n) is 19.9. The van der Waals surface area contributed by atoms with Crippen LogP contribution in [-0.2, 0) is 9.59 Å². The average Bonchev–Trinajstić information content (AvgIpc) is 2.70. The zero-order valence-corrected chi connectivity index (χ0v) is 20.6. The minimum absolute atomic E-state index is 0. The summed E-state index contributed by atoms with van der Waals surface area (Å²) in [4.78, 5) is 25.4. The van der Waals surface area contributed by atoms with E-state index in [-0.39, 0.29) is 36.7 Å². The molecule has 5 nitrogen and oxygen atoms in total. The fraction of sp³-hybridized carbons (Fsp3) is 0.680. The Labute approximate surface area is 196 Å². The summed E-state index contributed by atoms with van der Waals surface area (Å²) in [6.45, 7) is 2.95. The van der Waals surface area contributed by atoms with Crippen molar-refractivity contribution in [3.63, 3.8) is 0 Å². The maximum atomic E-state index is 12.9. The third-order valence-electron chi connectivity index (χ3n) is 5.79. The van der Waals surface area contributed by atoms with Crippen LogP contribution in [0, 0.1) is 0 Å². The van der Waals surface area contributed by atoms with Crippen LogP contribution >= 0.6 is 0 Å². The van der Waals surface area contributed by atoms with Crippen molar-refractivity contribution in [2.75, 3.05) is 32.5 Å². The lowest BCUT2D eigenvalue weighted by molar-refractivity contribution is -0.898. The van der Waals surface area contributed by atoms with E-state index < -0.39 is 0 Å². The van der Waals surface area contributed by atoms with Crippen LogP contribution in [0.4, 0.5) is 5.69 Å². The van der Waals surface area contributed by atoms with Crippen LogP contribution < -0.4 is 23.5 Å². The number of unbranched alkanes of at least 4 members (excludes halogenated alkanes) is 8. The molecule has 0 spiro atoms. The highest BCUT2D eigenvalue weighted by molar-refractivity contribution is 5.92. The van der Waals surface area contributed by atoms with E-state index in [1.807, 2.05) is 44.4 Å². The summed E-state index contributed by atoms with van der Waals surface area (Å²) in [7, 11) is 3.91. The number of rotatable bonds is 17. The Bertz CT molecular complexity index is 608. The second-order valence-electron chi connectivity index (χ2n) is 8.99. The summed E-state index contributed by atoms with van der Waals surface area (Å²) in [5.41, 5.74) is 6.58. The minimum Gasteiger partial charge on any atom is -1.00 e. The van der Waals surface area contributed by atoms with Crippen LogP contribution in [0.3, 0.4) is 0 Å². The fourth-order valence-electron chi connectivity index (χ4n) is 4.04. The van der Waals surface area contributed by atoms with Crippen molar-refractivity contribution in [1.82, 2.24) is 0 Å². The number of carbonyl (C=O) groups is 2. The second-order valence-corrected chi connectivity index (χ2v) is 8.99. The maximum Gasteiger partial charge on any atom is 0.279 e. The Morgan fingerprint density at radius 3 is 2.03 bits per heavy atom. The molecule has 3 N–H and O–H groups in total. The van der Waals surface area contributed by atoms with Gasteiger partial charge in [-0.1, -0.05) is 76.5 Å². The van der Waals surface area contributed by atoms with Gasteiger partial charge in [0.1, 0.15) is 6.04 Å². The van der Waals surface area contributed by atoms with E-state index >= 15 is 0 Å². The number of likely N-dealkylation sites (N-methyl/N-ethyl adjacent to an activating group) is 1. The molecule has 0 aliphatic carbocycles. The molecule has 0 aliphatic rings. The van der Waals surface area contributed by atoms with E-state index in [1.54, 1.807) is 0 Å². The molecule has 1 atom stereocenters. The lowest BCUT2D eigenvalue weighted by atomic mass is 9.99. The first kappa shape index (κ1) is 29.6. The number of carbonyl (C=O) groups excluding carboxylic acids is 2. The lowest BCUT2D eigenvalue weighted by Crippen LogP contribution is -3.00. The van der Waals surface area contributed by atoms with E-state index in [2.05, 4.69) is 12.2 Å². The van der Waals surface area contributed by atoms with Gasteiger partial charge in [0, 0.05) is 18.5 Å². The summed E-state index contributed by atoms with van der Waals surface area (Å²) in [6, 6.07) is 9.20. The number of Topliss-reactive ketones (excluding diaryl/α,β-unsaturated/α-hetero) is 1. The number of nitrogens with zero attached hydrogens (tertiary/aromatic N) is 1. The molecule has 1 rings (SSSR count). The van der Waals surface area contributed by atoms with Gasteiger partial charge in [0.05, 0.1) is 14.1 Å². The van der Waals surface area contributed by atoms with Gasteiger partial charge in [-0.2, -0.15) is 0 Å². The summed E-state index contributed by atoms with van der Waals surface area (Å²) in [6.07, 6.45) is 12.3. The summed E-state index contributed by atoms with van der Waals surface area (Å²) in [5.74, 6) is 0.157. The number of hydrogen-bond acceptors (Lipinski definition) is 3.